The first kappa shape index (κ1) is 23.1. The molecule has 0 unspecified atom stereocenters. The van der Waals surface area contributed by atoms with Crippen LogP contribution in [0.5, 0.6) is 11.5 Å². The van der Waals surface area contributed by atoms with Crippen LogP contribution in [0, 0.1) is 5.82 Å². The summed E-state index contributed by atoms with van der Waals surface area (Å²) in [5.74, 6) is 0.592. The van der Waals surface area contributed by atoms with Crippen molar-refractivity contribution in [1.29, 1.82) is 0 Å². The van der Waals surface area contributed by atoms with Crippen LogP contribution in [0.1, 0.15) is 17.7 Å². The smallest absolute Gasteiger partial charge is 0.262 e. The number of ether oxygens (including phenoxy) is 2. The number of aromatic nitrogens is 1. The van der Waals surface area contributed by atoms with E-state index in [1.54, 1.807) is 18.2 Å². The Morgan fingerprint density at radius 1 is 1.06 bits per heavy atom. The second kappa shape index (κ2) is 9.55. The van der Waals surface area contributed by atoms with Gasteiger partial charge in [0.2, 0.25) is 6.79 Å². The van der Waals surface area contributed by atoms with E-state index in [0.29, 0.717) is 35.7 Å². The molecule has 5 rings (SSSR count). The molecular weight excluding hydrogens is 473 g/mol. The molecule has 0 radical (unpaired) electrons. The van der Waals surface area contributed by atoms with Gasteiger partial charge in [-0.2, -0.15) is 0 Å². The molecule has 0 fully saturated rings. The lowest BCUT2D eigenvalue weighted by atomic mass is 10.1. The van der Waals surface area contributed by atoms with Crippen LogP contribution in [0.15, 0.2) is 70.1 Å². The van der Waals surface area contributed by atoms with Crippen LogP contribution >= 0.6 is 0 Å². The topological polar surface area (TPSA) is 93.9 Å². The van der Waals surface area contributed by atoms with Crippen molar-refractivity contribution in [3.05, 3.63) is 77.7 Å². The fraction of sp³-hybridized carbons (Fsp3) is 0.240. The highest BCUT2D eigenvalue weighted by molar-refractivity contribution is 7.92. The zero-order chi connectivity index (χ0) is 24.4. The molecule has 35 heavy (non-hydrogen) atoms. The number of nitrogens with zero attached hydrogens (tertiary/aromatic N) is 2. The summed E-state index contributed by atoms with van der Waals surface area (Å²) in [5.41, 5.74) is 2.72. The predicted molar refractivity (Wildman–Crippen MR) is 128 cm³/mol. The van der Waals surface area contributed by atoms with Crippen LogP contribution in [0.4, 0.5) is 10.1 Å². The molecule has 2 heterocycles. The highest BCUT2D eigenvalue weighted by atomic mass is 32.2. The van der Waals surface area contributed by atoms with Gasteiger partial charge < -0.3 is 18.9 Å². The third kappa shape index (κ3) is 5.23. The highest BCUT2D eigenvalue weighted by Crippen LogP contribution is 2.34. The SMILES string of the molecule is CN(CCCc1noc2cc(F)ccc12)Cc1cccc(NS(=O)(=O)c2ccc3c(c2)OCO3)c1. The molecule has 0 aliphatic carbocycles. The van der Waals surface area contributed by atoms with Crippen molar-refractivity contribution >= 4 is 26.7 Å². The van der Waals surface area contributed by atoms with Crippen LogP contribution in [0.3, 0.4) is 0 Å². The molecule has 1 N–H and O–H groups in total. The summed E-state index contributed by atoms with van der Waals surface area (Å²) in [6.07, 6.45) is 1.55. The van der Waals surface area contributed by atoms with E-state index >= 15 is 0 Å². The average molecular weight is 498 g/mol. The van der Waals surface area contributed by atoms with Crippen molar-refractivity contribution in [2.24, 2.45) is 0 Å². The Labute approximate surface area is 202 Å². The van der Waals surface area contributed by atoms with E-state index in [-0.39, 0.29) is 17.5 Å². The van der Waals surface area contributed by atoms with Crippen molar-refractivity contribution in [1.82, 2.24) is 10.1 Å². The molecule has 0 spiro atoms. The van der Waals surface area contributed by atoms with Crippen molar-refractivity contribution in [3.63, 3.8) is 0 Å². The number of hydrogen-bond donors (Lipinski definition) is 1. The number of aryl methyl sites for hydroxylation is 1. The Balaban J connectivity index is 1.18. The van der Waals surface area contributed by atoms with E-state index in [4.69, 9.17) is 14.0 Å². The van der Waals surface area contributed by atoms with Gasteiger partial charge in [0.05, 0.1) is 10.6 Å². The second-order valence-electron chi connectivity index (χ2n) is 8.43. The van der Waals surface area contributed by atoms with Crippen LogP contribution in [-0.4, -0.2) is 38.9 Å². The Bertz CT molecular complexity index is 1470. The first-order valence-corrected chi connectivity index (χ1v) is 12.6. The van der Waals surface area contributed by atoms with E-state index < -0.39 is 10.0 Å². The van der Waals surface area contributed by atoms with Gasteiger partial charge in [0.25, 0.3) is 10.0 Å². The van der Waals surface area contributed by atoms with E-state index in [0.717, 1.165) is 29.6 Å². The molecule has 0 saturated heterocycles. The van der Waals surface area contributed by atoms with Crippen molar-refractivity contribution in [2.45, 2.75) is 24.3 Å². The predicted octanol–water partition coefficient (Wildman–Crippen LogP) is 4.56. The number of rotatable bonds is 9. The minimum atomic E-state index is -3.78. The van der Waals surface area contributed by atoms with Crippen molar-refractivity contribution in [3.8, 4) is 11.5 Å². The second-order valence-corrected chi connectivity index (χ2v) is 10.1. The lowest BCUT2D eigenvalue weighted by Gasteiger charge is -2.17. The first-order valence-electron chi connectivity index (χ1n) is 11.1. The standard InChI is InChI=1S/C25H24FN3O5S/c1-29(11-3-6-22-21-9-7-18(26)13-24(21)34-27-22)15-17-4-2-5-19(12-17)28-35(30,31)20-8-10-23-25(14-20)33-16-32-23/h2,4-5,7-10,12-14,28H,3,6,11,15-16H2,1H3. The van der Waals surface area contributed by atoms with Crippen LogP contribution in [0.25, 0.3) is 11.0 Å². The lowest BCUT2D eigenvalue weighted by molar-refractivity contribution is 0.174. The number of sulfonamides is 1. The summed E-state index contributed by atoms with van der Waals surface area (Å²) >= 11 is 0. The third-order valence-corrected chi connectivity index (χ3v) is 7.13. The summed E-state index contributed by atoms with van der Waals surface area (Å²) in [5, 5.41) is 4.90. The Morgan fingerprint density at radius 2 is 1.91 bits per heavy atom. The Kier molecular flexibility index (Phi) is 6.31. The number of halogens is 1. The van der Waals surface area contributed by atoms with Crippen molar-refractivity contribution in [2.75, 3.05) is 25.1 Å². The molecule has 0 amide bonds. The van der Waals surface area contributed by atoms with Gasteiger partial charge in [0.1, 0.15) is 5.82 Å². The van der Waals surface area contributed by atoms with Crippen LogP contribution in [0.2, 0.25) is 0 Å². The quantitative estimate of drug-likeness (QED) is 0.362. The average Bonchev–Trinajstić information content (AvgIpc) is 3.45. The van der Waals surface area contributed by atoms with Crippen LogP contribution in [-0.2, 0) is 23.0 Å². The number of fused-ring (bicyclic) bond motifs is 2. The Hall–Kier alpha value is -3.63. The summed E-state index contributed by atoms with van der Waals surface area (Å²) in [4.78, 5) is 2.25. The molecule has 0 atom stereocenters. The van der Waals surface area contributed by atoms with E-state index in [9.17, 15) is 12.8 Å². The normalized spacial score (nSPS) is 13.0. The summed E-state index contributed by atoms with van der Waals surface area (Å²) in [7, 11) is -1.78. The minimum absolute atomic E-state index is 0.0803. The molecule has 8 nitrogen and oxygen atoms in total. The maximum atomic E-state index is 13.3. The van der Waals surface area contributed by atoms with Gasteiger partial charge >= 0.3 is 0 Å². The van der Waals surface area contributed by atoms with Gasteiger partial charge in [-0.3, -0.25) is 4.72 Å². The maximum Gasteiger partial charge on any atom is 0.262 e. The molecule has 0 saturated carbocycles. The highest BCUT2D eigenvalue weighted by Gasteiger charge is 2.20. The maximum absolute atomic E-state index is 13.3. The van der Waals surface area contributed by atoms with Gasteiger partial charge in [-0.1, -0.05) is 17.3 Å². The zero-order valence-electron chi connectivity index (χ0n) is 19.0. The van der Waals surface area contributed by atoms with E-state index in [1.807, 2.05) is 25.2 Å². The zero-order valence-corrected chi connectivity index (χ0v) is 19.8. The largest absolute Gasteiger partial charge is 0.454 e. The molecular formula is C25H24FN3O5S. The summed E-state index contributed by atoms with van der Waals surface area (Å²) in [6, 6.07) is 16.3. The number of benzene rings is 3. The van der Waals surface area contributed by atoms with Gasteiger partial charge in [0, 0.05) is 29.8 Å². The number of nitrogens with one attached hydrogen (secondary N) is 1. The fourth-order valence-electron chi connectivity index (χ4n) is 4.04. The van der Waals surface area contributed by atoms with Crippen LogP contribution < -0.4 is 14.2 Å². The number of anilines is 1. The molecule has 3 aromatic carbocycles. The molecule has 182 valence electrons. The molecule has 0 bridgehead atoms. The molecule has 1 aliphatic rings. The van der Waals surface area contributed by atoms with E-state index in [2.05, 4.69) is 14.8 Å². The molecule has 4 aromatic rings. The van der Waals surface area contributed by atoms with Gasteiger partial charge in [0.15, 0.2) is 17.1 Å². The van der Waals surface area contributed by atoms with Crippen molar-refractivity contribution < 1.29 is 26.8 Å². The molecule has 1 aromatic heterocycles. The van der Waals surface area contributed by atoms with Gasteiger partial charge in [-0.05, 0) is 68.4 Å². The van der Waals surface area contributed by atoms with Gasteiger partial charge in [-0.15, -0.1) is 0 Å². The monoisotopic (exact) mass is 497 g/mol. The Morgan fingerprint density at radius 3 is 2.80 bits per heavy atom. The van der Waals surface area contributed by atoms with E-state index in [1.165, 1.54) is 24.3 Å². The van der Waals surface area contributed by atoms with Gasteiger partial charge in [-0.25, -0.2) is 12.8 Å². The fourth-order valence-corrected chi connectivity index (χ4v) is 5.11. The summed E-state index contributed by atoms with van der Waals surface area (Å²) < 4.78 is 57.4. The molecule has 1 aliphatic heterocycles. The lowest BCUT2D eigenvalue weighted by Crippen LogP contribution is -2.20. The molecule has 10 heteroatoms. The number of hydrogen-bond acceptors (Lipinski definition) is 7. The summed E-state index contributed by atoms with van der Waals surface area (Å²) in [6.45, 7) is 1.52. The first-order chi connectivity index (χ1) is 16.9. The minimum Gasteiger partial charge on any atom is -0.454 e. The third-order valence-electron chi connectivity index (χ3n) is 5.75.